The molecule has 0 N–H and O–H groups in total. The fraction of sp³-hybridized carbons (Fsp3) is 0.875. The van der Waals surface area contributed by atoms with Gasteiger partial charge in [0.2, 0.25) is 0 Å². The third-order valence-corrected chi connectivity index (χ3v) is 3.11. The van der Waals surface area contributed by atoms with Crippen LogP contribution in [0.4, 0.5) is 0 Å². The Kier molecular flexibility index (Phi) is 0.969. The number of ether oxygens (including phenoxy) is 2. The average molecular weight is 154 g/mol. The average Bonchev–Trinajstić information content (AvgIpc) is 2.60. The Bertz CT molecular complexity index is 213. The quantitative estimate of drug-likeness (QED) is 0.472. The number of carbonyl (C=O) groups is 1. The zero-order valence-electron chi connectivity index (χ0n) is 6.16. The minimum absolute atomic E-state index is 0.0257. The Labute approximate surface area is 64.7 Å². The van der Waals surface area contributed by atoms with Crippen LogP contribution in [0.25, 0.3) is 0 Å². The number of fused-ring (bicyclic) bond motifs is 5. The molecule has 0 amide bonds. The van der Waals surface area contributed by atoms with Gasteiger partial charge in [-0.1, -0.05) is 0 Å². The van der Waals surface area contributed by atoms with Crippen LogP contribution >= 0.6 is 0 Å². The van der Waals surface area contributed by atoms with Crippen LogP contribution in [0, 0.1) is 11.8 Å². The molecule has 3 aliphatic heterocycles. The van der Waals surface area contributed by atoms with Crippen molar-refractivity contribution >= 4 is 5.97 Å². The SMILES string of the molecule is O=C1OCC2C1[C@H]1CC[C@@H]2O1. The van der Waals surface area contributed by atoms with Gasteiger partial charge in [0.05, 0.1) is 24.7 Å². The van der Waals surface area contributed by atoms with Crippen LogP contribution in [-0.4, -0.2) is 24.8 Å². The van der Waals surface area contributed by atoms with E-state index in [2.05, 4.69) is 0 Å². The van der Waals surface area contributed by atoms with Crippen molar-refractivity contribution in [2.24, 2.45) is 11.8 Å². The lowest BCUT2D eigenvalue weighted by Crippen LogP contribution is -2.27. The van der Waals surface area contributed by atoms with Crippen LogP contribution in [0.1, 0.15) is 12.8 Å². The van der Waals surface area contributed by atoms with Crippen molar-refractivity contribution < 1.29 is 14.3 Å². The van der Waals surface area contributed by atoms with Crippen LogP contribution in [0.5, 0.6) is 0 Å². The van der Waals surface area contributed by atoms with Gasteiger partial charge in [0.25, 0.3) is 0 Å². The van der Waals surface area contributed by atoms with Crippen molar-refractivity contribution in [3.8, 4) is 0 Å². The van der Waals surface area contributed by atoms with E-state index in [4.69, 9.17) is 9.47 Å². The first-order valence-corrected chi connectivity index (χ1v) is 4.18. The van der Waals surface area contributed by atoms with Gasteiger partial charge in [-0.3, -0.25) is 4.79 Å². The topological polar surface area (TPSA) is 35.5 Å². The lowest BCUT2D eigenvalue weighted by atomic mass is 9.81. The lowest BCUT2D eigenvalue weighted by Gasteiger charge is -2.14. The third kappa shape index (κ3) is 0.601. The molecule has 3 heterocycles. The van der Waals surface area contributed by atoms with Crippen molar-refractivity contribution in [1.29, 1.82) is 0 Å². The summed E-state index contributed by atoms with van der Waals surface area (Å²) in [5, 5.41) is 0. The maximum atomic E-state index is 11.1. The number of rotatable bonds is 0. The molecule has 2 unspecified atom stereocenters. The molecule has 11 heavy (non-hydrogen) atoms. The monoisotopic (exact) mass is 154 g/mol. The highest BCUT2D eigenvalue weighted by Crippen LogP contribution is 2.46. The van der Waals surface area contributed by atoms with Crippen LogP contribution < -0.4 is 0 Å². The number of hydrogen-bond acceptors (Lipinski definition) is 3. The highest BCUT2D eigenvalue weighted by Gasteiger charge is 2.56. The summed E-state index contributed by atoms with van der Waals surface area (Å²) in [5.74, 6) is 0.456. The molecule has 3 aliphatic rings. The molecule has 0 saturated carbocycles. The van der Waals surface area contributed by atoms with Crippen molar-refractivity contribution in [3.63, 3.8) is 0 Å². The Morgan fingerprint density at radius 3 is 2.91 bits per heavy atom. The van der Waals surface area contributed by atoms with E-state index in [1.807, 2.05) is 0 Å². The lowest BCUT2D eigenvalue weighted by molar-refractivity contribution is -0.143. The van der Waals surface area contributed by atoms with E-state index in [0.717, 1.165) is 12.8 Å². The number of cyclic esters (lactones) is 1. The first-order valence-electron chi connectivity index (χ1n) is 4.18. The van der Waals surface area contributed by atoms with E-state index in [0.29, 0.717) is 18.6 Å². The fourth-order valence-corrected chi connectivity index (χ4v) is 2.59. The number of carbonyl (C=O) groups excluding carboxylic acids is 1. The van der Waals surface area contributed by atoms with Gasteiger partial charge in [-0.15, -0.1) is 0 Å². The van der Waals surface area contributed by atoms with Crippen LogP contribution in [0.2, 0.25) is 0 Å². The number of esters is 1. The summed E-state index contributed by atoms with van der Waals surface area (Å²) in [7, 11) is 0. The summed E-state index contributed by atoms with van der Waals surface area (Å²) in [6.07, 6.45) is 2.71. The first-order chi connectivity index (χ1) is 5.36. The highest BCUT2D eigenvalue weighted by atomic mass is 16.6. The van der Waals surface area contributed by atoms with E-state index in [1.54, 1.807) is 0 Å². The minimum Gasteiger partial charge on any atom is -0.465 e. The van der Waals surface area contributed by atoms with Crippen molar-refractivity contribution in [3.05, 3.63) is 0 Å². The second-order valence-electron chi connectivity index (χ2n) is 3.61. The van der Waals surface area contributed by atoms with Crippen molar-refractivity contribution in [1.82, 2.24) is 0 Å². The van der Waals surface area contributed by atoms with Gasteiger partial charge < -0.3 is 9.47 Å². The Morgan fingerprint density at radius 1 is 1.27 bits per heavy atom. The second kappa shape index (κ2) is 1.78. The Balaban J connectivity index is 1.97. The van der Waals surface area contributed by atoms with Gasteiger partial charge in [0, 0.05) is 5.92 Å². The van der Waals surface area contributed by atoms with Crippen molar-refractivity contribution in [2.45, 2.75) is 25.0 Å². The summed E-state index contributed by atoms with van der Waals surface area (Å²) >= 11 is 0. The maximum absolute atomic E-state index is 11.1. The van der Waals surface area contributed by atoms with Gasteiger partial charge in [-0.05, 0) is 12.8 Å². The van der Waals surface area contributed by atoms with Gasteiger partial charge in [-0.25, -0.2) is 0 Å². The zero-order chi connectivity index (χ0) is 7.42. The molecular formula is C8H10O3. The van der Waals surface area contributed by atoms with Gasteiger partial charge >= 0.3 is 5.97 Å². The summed E-state index contributed by atoms with van der Waals surface area (Å²) in [6.45, 7) is 0.602. The molecule has 3 nitrogen and oxygen atoms in total. The number of hydrogen-bond donors (Lipinski definition) is 0. The predicted octanol–water partition coefficient (Wildman–Crippen LogP) is 0.337. The Morgan fingerprint density at radius 2 is 2.09 bits per heavy atom. The molecule has 0 aromatic rings. The van der Waals surface area contributed by atoms with Crippen LogP contribution in [0.3, 0.4) is 0 Å². The molecule has 0 radical (unpaired) electrons. The van der Waals surface area contributed by atoms with E-state index in [1.165, 1.54) is 0 Å². The molecule has 0 spiro atoms. The van der Waals surface area contributed by atoms with Gasteiger partial charge in [0.15, 0.2) is 0 Å². The molecular weight excluding hydrogens is 144 g/mol. The van der Waals surface area contributed by atoms with Crippen LogP contribution in [-0.2, 0) is 14.3 Å². The molecule has 3 fully saturated rings. The summed E-state index contributed by atoms with van der Waals surface area (Å²) < 4.78 is 10.6. The predicted molar refractivity (Wildman–Crippen MR) is 35.8 cm³/mol. The highest BCUT2D eigenvalue weighted by molar-refractivity contribution is 5.76. The van der Waals surface area contributed by atoms with Gasteiger partial charge in [0.1, 0.15) is 0 Å². The summed E-state index contributed by atoms with van der Waals surface area (Å²) in [4.78, 5) is 11.1. The molecule has 3 saturated heterocycles. The fourth-order valence-electron chi connectivity index (χ4n) is 2.59. The van der Waals surface area contributed by atoms with Gasteiger partial charge in [-0.2, -0.15) is 0 Å². The minimum atomic E-state index is -0.0257. The Hall–Kier alpha value is -0.570. The molecule has 0 aliphatic carbocycles. The molecule has 60 valence electrons. The molecule has 3 rings (SSSR count). The molecule has 3 heteroatoms. The molecule has 4 atom stereocenters. The standard InChI is InChI=1S/C8H10O3/c9-8-7-4(3-10-8)5-1-2-6(7)11-5/h4-7H,1-3H2/t4?,5-,6+,7?/m0/s1. The third-order valence-electron chi connectivity index (χ3n) is 3.11. The normalized spacial score (nSPS) is 52.9. The van der Waals surface area contributed by atoms with E-state index >= 15 is 0 Å². The second-order valence-corrected chi connectivity index (χ2v) is 3.61. The largest absolute Gasteiger partial charge is 0.465 e. The van der Waals surface area contributed by atoms with Crippen LogP contribution in [0.15, 0.2) is 0 Å². The molecule has 2 bridgehead atoms. The smallest absolute Gasteiger partial charge is 0.312 e. The van der Waals surface area contributed by atoms with Crippen molar-refractivity contribution in [2.75, 3.05) is 6.61 Å². The van der Waals surface area contributed by atoms with E-state index in [9.17, 15) is 4.79 Å². The summed E-state index contributed by atoms with van der Waals surface area (Å²) in [6, 6.07) is 0. The van der Waals surface area contributed by atoms with E-state index < -0.39 is 0 Å². The van der Waals surface area contributed by atoms with E-state index in [-0.39, 0.29) is 18.0 Å². The summed E-state index contributed by atoms with van der Waals surface area (Å²) in [5.41, 5.74) is 0. The zero-order valence-corrected chi connectivity index (χ0v) is 6.16. The first kappa shape index (κ1) is 6.00. The molecule has 0 aromatic carbocycles. The maximum Gasteiger partial charge on any atom is 0.312 e. The molecule has 0 aromatic heterocycles.